The van der Waals surface area contributed by atoms with Gasteiger partial charge in [-0.3, -0.25) is 4.21 Å². The number of halogens is 2. The summed E-state index contributed by atoms with van der Waals surface area (Å²) in [6.07, 6.45) is 2.27. The molecule has 1 aromatic carbocycles. The molecule has 1 heterocycles. The summed E-state index contributed by atoms with van der Waals surface area (Å²) in [5.41, 5.74) is 1.49. The average Bonchev–Trinajstić information content (AvgIpc) is 2.64. The maximum absolute atomic E-state index is 13.3. The Kier molecular flexibility index (Phi) is 4.35. The summed E-state index contributed by atoms with van der Waals surface area (Å²) in [4.78, 5) is 4.43. The predicted octanol–water partition coefficient (Wildman–Crippen LogP) is 2.34. The van der Waals surface area contributed by atoms with E-state index in [4.69, 9.17) is 11.6 Å². The van der Waals surface area contributed by atoms with E-state index in [9.17, 15) is 8.60 Å². The molecule has 0 amide bonds. The van der Waals surface area contributed by atoms with Gasteiger partial charge >= 0.3 is 0 Å². The van der Waals surface area contributed by atoms with E-state index in [1.165, 1.54) is 12.1 Å². The van der Waals surface area contributed by atoms with Gasteiger partial charge in [-0.15, -0.1) is 11.6 Å². The standard InChI is InChI=1S/C12H14ClFN2OS/c1-18(17)7-6-16-11-8-9(14)2-3-10(11)15-12(16)4-5-13/h2-3,8H,4-7H2,1H3. The van der Waals surface area contributed by atoms with Crippen molar-refractivity contribution < 1.29 is 8.60 Å². The fraction of sp³-hybridized carbons (Fsp3) is 0.417. The third kappa shape index (κ3) is 2.90. The minimum absolute atomic E-state index is 0.293. The number of rotatable bonds is 5. The van der Waals surface area contributed by atoms with Crippen molar-refractivity contribution >= 4 is 33.4 Å². The highest BCUT2D eigenvalue weighted by Gasteiger charge is 2.11. The SMILES string of the molecule is CS(=O)CCn1c(CCCl)nc2ccc(F)cc21. The van der Waals surface area contributed by atoms with Crippen molar-refractivity contribution in [1.82, 2.24) is 9.55 Å². The third-order valence-electron chi connectivity index (χ3n) is 2.71. The number of aromatic nitrogens is 2. The zero-order valence-corrected chi connectivity index (χ0v) is 11.6. The molecule has 0 spiro atoms. The second kappa shape index (κ2) is 5.80. The highest BCUT2D eigenvalue weighted by atomic mass is 35.5. The van der Waals surface area contributed by atoms with E-state index in [0.29, 0.717) is 24.6 Å². The Morgan fingerprint density at radius 3 is 2.94 bits per heavy atom. The summed E-state index contributed by atoms with van der Waals surface area (Å²) in [6, 6.07) is 4.50. The van der Waals surface area contributed by atoms with E-state index in [1.807, 2.05) is 4.57 Å². The summed E-state index contributed by atoms with van der Waals surface area (Å²) < 4.78 is 26.4. The maximum Gasteiger partial charge on any atom is 0.125 e. The van der Waals surface area contributed by atoms with Gasteiger partial charge in [0, 0.05) is 41.7 Å². The van der Waals surface area contributed by atoms with Crippen LogP contribution in [0.15, 0.2) is 18.2 Å². The number of hydrogen-bond donors (Lipinski definition) is 0. The predicted molar refractivity (Wildman–Crippen MR) is 73.0 cm³/mol. The Balaban J connectivity index is 2.46. The van der Waals surface area contributed by atoms with Gasteiger partial charge in [0.2, 0.25) is 0 Å². The molecule has 6 heteroatoms. The van der Waals surface area contributed by atoms with Gasteiger partial charge < -0.3 is 4.57 Å². The van der Waals surface area contributed by atoms with E-state index in [1.54, 1.807) is 12.3 Å². The van der Waals surface area contributed by atoms with Gasteiger partial charge in [0.15, 0.2) is 0 Å². The number of imidazole rings is 1. The van der Waals surface area contributed by atoms with E-state index >= 15 is 0 Å². The van der Waals surface area contributed by atoms with Crippen molar-refractivity contribution in [2.24, 2.45) is 0 Å². The Hall–Kier alpha value is -0.940. The lowest BCUT2D eigenvalue weighted by Gasteiger charge is -2.07. The molecule has 1 unspecified atom stereocenters. The second-order valence-corrected chi connectivity index (χ2v) is 5.96. The molecule has 1 atom stereocenters. The fourth-order valence-electron chi connectivity index (χ4n) is 1.89. The zero-order chi connectivity index (χ0) is 13.1. The van der Waals surface area contributed by atoms with E-state index < -0.39 is 10.8 Å². The summed E-state index contributed by atoms with van der Waals surface area (Å²) >= 11 is 5.74. The lowest BCUT2D eigenvalue weighted by Crippen LogP contribution is -2.10. The number of alkyl halides is 1. The van der Waals surface area contributed by atoms with Crippen molar-refractivity contribution in [3.63, 3.8) is 0 Å². The minimum Gasteiger partial charge on any atom is -0.327 e. The van der Waals surface area contributed by atoms with Crippen LogP contribution in [0.3, 0.4) is 0 Å². The van der Waals surface area contributed by atoms with Gasteiger partial charge in [-0.2, -0.15) is 0 Å². The molecule has 0 N–H and O–H groups in total. The quantitative estimate of drug-likeness (QED) is 0.792. The van der Waals surface area contributed by atoms with Crippen molar-refractivity contribution in [1.29, 1.82) is 0 Å². The first-order valence-corrected chi connectivity index (χ1v) is 7.88. The maximum atomic E-state index is 13.3. The number of aryl methyl sites for hydroxylation is 2. The first-order valence-electron chi connectivity index (χ1n) is 5.62. The van der Waals surface area contributed by atoms with Gasteiger partial charge in [0.1, 0.15) is 11.6 Å². The largest absolute Gasteiger partial charge is 0.327 e. The number of hydrogen-bond acceptors (Lipinski definition) is 2. The molecule has 98 valence electrons. The van der Waals surface area contributed by atoms with Gasteiger partial charge in [0.05, 0.1) is 11.0 Å². The molecule has 0 radical (unpaired) electrons. The van der Waals surface area contributed by atoms with E-state index in [-0.39, 0.29) is 5.82 Å². The minimum atomic E-state index is -0.886. The molecule has 2 aromatic rings. The summed E-state index contributed by atoms with van der Waals surface area (Å²) in [6.45, 7) is 0.565. The van der Waals surface area contributed by atoms with E-state index in [0.717, 1.165) is 16.9 Å². The van der Waals surface area contributed by atoms with Crippen LogP contribution in [0.1, 0.15) is 5.82 Å². The van der Waals surface area contributed by atoms with Gasteiger partial charge in [-0.1, -0.05) is 0 Å². The van der Waals surface area contributed by atoms with Crippen LogP contribution in [-0.2, 0) is 23.8 Å². The lowest BCUT2D eigenvalue weighted by atomic mass is 10.3. The number of fused-ring (bicyclic) bond motifs is 1. The average molecular weight is 289 g/mol. The van der Waals surface area contributed by atoms with E-state index in [2.05, 4.69) is 4.98 Å². The molecular weight excluding hydrogens is 275 g/mol. The number of nitrogens with zero attached hydrogens (tertiary/aromatic N) is 2. The highest BCUT2D eigenvalue weighted by Crippen LogP contribution is 2.18. The van der Waals surface area contributed by atoms with Crippen molar-refractivity contribution in [3.8, 4) is 0 Å². The highest BCUT2D eigenvalue weighted by molar-refractivity contribution is 7.84. The molecular formula is C12H14ClFN2OS. The topological polar surface area (TPSA) is 34.9 Å². The smallest absolute Gasteiger partial charge is 0.125 e. The third-order valence-corrected chi connectivity index (χ3v) is 3.66. The van der Waals surface area contributed by atoms with Crippen LogP contribution in [0.2, 0.25) is 0 Å². The van der Waals surface area contributed by atoms with Gasteiger partial charge in [-0.25, -0.2) is 9.37 Å². The Morgan fingerprint density at radius 2 is 2.28 bits per heavy atom. The van der Waals surface area contributed by atoms with Crippen LogP contribution >= 0.6 is 11.6 Å². The molecule has 1 aromatic heterocycles. The molecule has 0 bridgehead atoms. The zero-order valence-electron chi connectivity index (χ0n) is 10.0. The fourth-order valence-corrected chi connectivity index (χ4v) is 2.50. The molecule has 0 aliphatic carbocycles. The Bertz CT molecular complexity index is 585. The Labute approximate surface area is 112 Å². The van der Waals surface area contributed by atoms with Crippen LogP contribution in [0.5, 0.6) is 0 Å². The van der Waals surface area contributed by atoms with Gasteiger partial charge in [0.25, 0.3) is 0 Å². The van der Waals surface area contributed by atoms with Crippen LogP contribution < -0.4 is 0 Å². The van der Waals surface area contributed by atoms with Crippen LogP contribution in [0.4, 0.5) is 4.39 Å². The van der Waals surface area contributed by atoms with Crippen LogP contribution in [0.25, 0.3) is 11.0 Å². The molecule has 0 fully saturated rings. The molecule has 0 aliphatic heterocycles. The second-order valence-electron chi connectivity index (χ2n) is 4.03. The Morgan fingerprint density at radius 1 is 1.50 bits per heavy atom. The normalized spacial score (nSPS) is 13.1. The summed E-state index contributed by atoms with van der Waals surface area (Å²) in [5, 5.41) is 0. The van der Waals surface area contributed by atoms with Crippen molar-refractivity contribution in [3.05, 3.63) is 29.8 Å². The molecule has 18 heavy (non-hydrogen) atoms. The van der Waals surface area contributed by atoms with Crippen LogP contribution in [-0.4, -0.2) is 31.6 Å². The number of benzene rings is 1. The first kappa shape index (κ1) is 13.5. The molecule has 0 saturated heterocycles. The lowest BCUT2D eigenvalue weighted by molar-refractivity contribution is 0.627. The van der Waals surface area contributed by atoms with Crippen LogP contribution in [0, 0.1) is 5.82 Å². The molecule has 0 aliphatic rings. The van der Waals surface area contributed by atoms with Gasteiger partial charge in [-0.05, 0) is 18.2 Å². The summed E-state index contributed by atoms with van der Waals surface area (Å²) in [5.74, 6) is 1.51. The monoisotopic (exact) mass is 288 g/mol. The van der Waals surface area contributed by atoms with Crippen molar-refractivity contribution in [2.45, 2.75) is 13.0 Å². The van der Waals surface area contributed by atoms with Crippen molar-refractivity contribution in [2.75, 3.05) is 17.9 Å². The molecule has 0 saturated carbocycles. The molecule has 2 rings (SSSR count). The summed E-state index contributed by atoms with van der Waals surface area (Å²) in [7, 11) is -0.886. The molecule has 3 nitrogen and oxygen atoms in total. The first-order chi connectivity index (χ1) is 8.61.